The molecule has 0 bridgehead atoms. The standard InChI is InChI=1S/C14H19BrFN/c1-9-3-2-4-10(7-9)14(17)12-8-11(15)5-6-13(12)16/h5-6,8-10,14H,2-4,7,17H2,1H3. The Labute approximate surface area is 111 Å². The zero-order chi connectivity index (χ0) is 12.4. The lowest BCUT2D eigenvalue weighted by Crippen LogP contribution is -2.27. The fourth-order valence-electron chi connectivity index (χ4n) is 2.83. The van der Waals surface area contributed by atoms with Gasteiger partial charge in [-0.15, -0.1) is 0 Å². The molecule has 1 fully saturated rings. The Kier molecular flexibility index (Phi) is 4.21. The molecule has 1 saturated carbocycles. The fourth-order valence-corrected chi connectivity index (χ4v) is 3.21. The van der Waals surface area contributed by atoms with Crippen molar-refractivity contribution >= 4 is 15.9 Å². The highest BCUT2D eigenvalue weighted by atomic mass is 79.9. The van der Waals surface area contributed by atoms with Gasteiger partial charge in [0.25, 0.3) is 0 Å². The van der Waals surface area contributed by atoms with Gasteiger partial charge in [-0.3, -0.25) is 0 Å². The minimum absolute atomic E-state index is 0.171. The van der Waals surface area contributed by atoms with Crippen molar-refractivity contribution in [3.05, 3.63) is 34.1 Å². The lowest BCUT2D eigenvalue weighted by atomic mass is 9.77. The first-order chi connectivity index (χ1) is 8.08. The molecule has 0 radical (unpaired) electrons. The van der Waals surface area contributed by atoms with Crippen LogP contribution in [-0.4, -0.2) is 0 Å². The smallest absolute Gasteiger partial charge is 0.128 e. The Balaban J connectivity index is 2.18. The maximum absolute atomic E-state index is 13.8. The maximum atomic E-state index is 13.8. The summed E-state index contributed by atoms with van der Waals surface area (Å²) in [6, 6.07) is 4.86. The van der Waals surface area contributed by atoms with E-state index in [1.54, 1.807) is 6.07 Å². The summed E-state index contributed by atoms with van der Waals surface area (Å²) in [5, 5.41) is 0. The summed E-state index contributed by atoms with van der Waals surface area (Å²) in [4.78, 5) is 0. The summed E-state index contributed by atoms with van der Waals surface area (Å²) in [7, 11) is 0. The molecule has 1 aromatic carbocycles. The van der Waals surface area contributed by atoms with E-state index in [2.05, 4.69) is 22.9 Å². The number of hydrogen-bond donors (Lipinski definition) is 1. The van der Waals surface area contributed by atoms with Gasteiger partial charge in [-0.25, -0.2) is 4.39 Å². The summed E-state index contributed by atoms with van der Waals surface area (Å²) >= 11 is 3.38. The normalized spacial score (nSPS) is 26.8. The average Bonchev–Trinajstić information content (AvgIpc) is 2.31. The first-order valence-corrected chi connectivity index (χ1v) is 7.07. The van der Waals surface area contributed by atoms with Crippen molar-refractivity contribution in [3.8, 4) is 0 Å². The van der Waals surface area contributed by atoms with Gasteiger partial charge in [0.15, 0.2) is 0 Å². The van der Waals surface area contributed by atoms with E-state index in [4.69, 9.17) is 5.73 Å². The van der Waals surface area contributed by atoms with E-state index in [-0.39, 0.29) is 11.9 Å². The third-order valence-corrected chi connectivity index (χ3v) is 4.30. The van der Waals surface area contributed by atoms with E-state index < -0.39 is 0 Å². The average molecular weight is 300 g/mol. The second-order valence-corrected chi connectivity index (χ2v) is 6.14. The molecule has 1 aromatic rings. The molecule has 17 heavy (non-hydrogen) atoms. The van der Waals surface area contributed by atoms with Crippen LogP contribution in [0.1, 0.15) is 44.2 Å². The molecule has 3 unspecified atom stereocenters. The first kappa shape index (κ1) is 13.0. The van der Waals surface area contributed by atoms with Gasteiger partial charge >= 0.3 is 0 Å². The van der Waals surface area contributed by atoms with E-state index in [1.807, 2.05) is 6.07 Å². The SMILES string of the molecule is CC1CCCC(C(N)c2cc(Br)ccc2F)C1. The van der Waals surface area contributed by atoms with Crippen LogP contribution in [0.5, 0.6) is 0 Å². The molecule has 0 spiro atoms. The molecule has 3 heteroatoms. The second-order valence-electron chi connectivity index (χ2n) is 5.22. The molecular formula is C14H19BrFN. The van der Waals surface area contributed by atoms with Gasteiger partial charge in [-0.1, -0.05) is 35.7 Å². The minimum atomic E-state index is -0.182. The number of halogens is 2. The topological polar surface area (TPSA) is 26.0 Å². The Hall–Kier alpha value is -0.410. The number of hydrogen-bond acceptors (Lipinski definition) is 1. The lowest BCUT2D eigenvalue weighted by molar-refractivity contribution is 0.245. The predicted molar refractivity (Wildman–Crippen MR) is 72.2 cm³/mol. The van der Waals surface area contributed by atoms with E-state index in [1.165, 1.54) is 18.9 Å². The molecule has 0 saturated heterocycles. The summed E-state index contributed by atoms with van der Waals surface area (Å²) < 4.78 is 14.7. The van der Waals surface area contributed by atoms with Crippen molar-refractivity contribution in [3.63, 3.8) is 0 Å². The highest BCUT2D eigenvalue weighted by Crippen LogP contribution is 2.37. The summed E-state index contributed by atoms with van der Waals surface area (Å²) in [5.41, 5.74) is 6.89. The molecule has 94 valence electrons. The Morgan fingerprint density at radius 3 is 2.88 bits per heavy atom. The predicted octanol–water partition coefficient (Wildman–Crippen LogP) is 4.41. The molecule has 0 aliphatic heterocycles. The fraction of sp³-hybridized carbons (Fsp3) is 0.571. The molecule has 0 aromatic heterocycles. The quantitative estimate of drug-likeness (QED) is 0.860. The summed E-state index contributed by atoms with van der Waals surface area (Å²) in [6.45, 7) is 2.26. The van der Waals surface area contributed by atoms with Crippen LogP contribution in [0.3, 0.4) is 0 Å². The number of benzene rings is 1. The Morgan fingerprint density at radius 2 is 2.18 bits per heavy atom. The van der Waals surface area contributed by atoms with Crippen molar-refractivity contribution in [2.75, 3.05) is 0 Å². The van der Waals surface area contributed by atoms with Crippen LogP contribution >= 0.6 is 15.9 Å². The minimum Gasteiger partial charge on any atom is -0.324 e. The van der Waals surface area contributed by atoms with Gasteiger partial charge in [-0.2, -0.15) is 0 Å². The van der Waals surface area contributed by atoms with Crippen LogP contribution < -0.4 is 5.73 Å². The largest absolute Gasteiger partial charge is 0.324 e. The first-order valence-electron chi connectivity index (χ1n) is 6.28. The summed E-state index contributed by atoms with van der Waals surface area (Å²) in [5.74, 6) is 0.955. The Morgan fingerprint density at radius 1 is 1.41 bits per heavy atom. The molecule has 1 aliphatic carbocycles. The van der Waals surface area contributed by atoms with Gasteiger partial charge in [0.05, 0.1) is 0 Å². The summed E-state index contributed by atoms with van der Waals surface area (Å²) in [6.07, 6.45) is 4.74. The van der Waals surface area contributed by atoms with Crippen molar-refractivity contribution < 1.29 is 4.39 Å². The highest BCUT2D eigenvalue weighted by Gasteiger charge is 2.26. The molecule has 2 rings (SSSR count). The van der Waals surface area contributed by atoms with Crippen molar-refractivity contribution in [1.82, 2.24) is 0 Å². The van der Waals surface area contributed by atoms with E-state index in [9.17, 15) is 4.39 Å². The molecule has 1 aliphatic rings. The van der Waals surface area contributed by atoms with E-state index >= 15 is 0 Å². The van der Waals surface area contributed by atoms with Gasteiger partial charge in [0.2, 0.25) is 0 Å². The van der Waals surface area contributed by atoms with E-state index in [0.29, 0.717) is 11.5 Å². The van der Waals surface area contributed by atoms with Gasteiger partial charge in [0.1, 0.15) is 5.82 Å². The van der Waals surface area contributed by atoms with Crippen LogP contribution in [0.2, 0.25) is 0 Å². The maximum Gasteiger partial charge on any atom is 0.128 e. The van der Waals surface area contributed by atoms with Crippen LogP contribution in [0, 0.1) is 17.7 Å². The van der Waals surface area contributed by atoms with Crippen molar-refractivity contribution in [2.45, 2.75) is 38.6 Å². The van der Waals surface area contributed by atoms with Gasteiger partial charge in [0, 0.05) is 16.1 Å². The molecule has 2 N–H and O–H groups in total. The molecule has 3 atom stereocenters. The molecular weight excluding hydrogens is 281 g/mol. The van der Waals surface area contributed by atoms with Gasteiger partial charge in [-0.05, 0) is 42.9 Å². The Bertz CT molecular complexity index is 394. The zero-order valence-corrected chi connectivity index (χ0v) is 11.7. The lowest BCUT2D eigenvalue weighted by Gasteiger charge is -2.31. The zero-order valence-electron chi connectivity index (χ0n) is 10.1. The molecule has 0 amide bonds. The highest BCUT2D eigenvalue weighted by molar-refractivity contribution is 9.10. The van der Waals surface area contributed by atoms with Crippen LogP contribution in [0.4, 0.5) is 4.39 Å². The monoisotopic (exact) mass is 299 g/mol. The van der Waals surface area contributed by atoms with Crippen molar-refractivity contribution in [1.29, 1.82) is 0 Å². The van der Waals surface area contributed by atoms with Crippen LogP contribution in [-0.2, 0) is 0 Å². The third kappa shape index (κ3) is 3.08. The number of nitrogens with two attached hydrogens (primary N) is 1. The second kappa shape index (κ2) is 5.49. The van der Waals surface area contributed by atoms with Gasteiger partial charge < -0.3 is 5.73 Å². The molecule has 1 nitrogen and oxygen atoms in total. The molecule has 0 heterocycles. The number of rotatable bonds is 2. The van der Waals surface area contributed by atoms with Crippen molar-refractivity contribution in [2.24, 2.45) is 17.6 Å². The van der Waals surface area contributed by atoms with Crippen LogP contribution in [0.25, 0.3) is 0 Å². The van der Waals surface area contributed by atoms with E-state index in [0.717, 1.165) is 23.2 Å². The van der Waals surface area contributed by atoms with Crippen LogP contribution in [0.15, 0.2) is 22.7 Å². The third-order valence-electron chi connectivity index (χ3n) is 3.80.